The number of hydrogen-bond donors (Lipinski definition) is 1. The van der Waals surface area contributed by atoms with Crippen molar-refractivity contribution in [1.82, 2.24) is 24.9 Å². The highest BCUT2D eigenvalue weighted by Crippen LogP contribution is 2.19. The van der Waals surface area contributed by atoms with E-state index < -0.39 is 0 Å². The molecule has 0 fully saturated rings. The van der Waals surface area contributed by atoms with E-state index in [9.17, 15) is 4.79 Å². The minimum Gasteiger partial charge on any atom is -0.342 e. The number of pyridine rings is 2. The molecule has 4 rings (SSSR count). The number of carbonyl (C=O) groups excluding carboxylic acids is 1. The average molecular weight is 345 g/mol. The molecule has 1 aromatic carbocycles. The summed E-state index contributed by atoms with van der Waals surface area (Å²) < 4.78 is 1.87. The van der Waals surface area contributed by atoms with Crippen molar-refractivity contribution in [1.29, 1.82) is 0 Å². The van der Waals surface area contributed by atoms with Crippen molar-refractivity contribution in [3.63, 3.8) is 0 Å². The topological polar surface area (TPSA) is 72.2 Å². The number of nitrogens with zero attached hydrogens (tertiary/aromatic N) is 4. The lowest BCUT2D eigenvalue weighted by atomic mass is 10.1. The highest BCUT2D eigenvalue weighted by atomic mass is 16.1. The van der Waals surface area contributed by atoms with Crippen molar-refractivity contribution in [3.8, 4) is 0 Å². The third kappa shape index (κ3) is 2.79. The average Bonchev–Trinajstić information content (AvgIpc) is 3.05. The second-order valence-electron chi connectivity index (χ2n) is 6.50. The molecule has 0 unspecified atom stereocenters. The number of aromatic nitrogens is 4. The van der Waals surface area contributed by atoms with E-state index in [1.807, 2.05) is 73.8 Å². The van der Waals surface area contributed by atoms with Crippen LogP contribution in [0.2, 0.25) is 0 Å². The molecule has 0 spiro atoms. The second-order valence-corrected chi connectivity index (χ2v) is 6.50. The lowest BCUT2D eigenvalue weighted by Crippen LogP contribution is -2.28. The van der Waals surface area contributed by atoms with Crippen LogP contribution in [0.5, 0.6) is 0 Å². The Bertz CT molecular complexity index is 1130. The molecule has 1 amide bonds. The molecule has 130 valence electrons. The standard InChI is InChI=1S/C20H19N5O/c1-12-7-8-17-15(10-12)11-16(13(2)21-17)20(26)22-14(3)19-24-23-18-6-4-5-9-25(18)19/h4-11,14H,1-3H3,(H,22,26)/t14-/m1/s1. The fourth-order valence-electron chi connectivity index (χ4n) is 3.12. The summed E-state index contributed by atoms with van der Waals surface area (Å²) in [5.74, 6) is 0.523. The minimum atomic E-state index is -0.285. The van der Waals surface area contributed by atoms with Gasteiger partial charge in [0.05, 0.1) is 22.8 Å². The Labute approximate surface area is 150 Å². The number of amides is 1. The van der Waals surface area contributed by atoms with E-state index in [2.05, 4.69) is 20.5 Å². The van der Waals surface area contributed by atoms with Gasteiger partial charge in [0, 0.05) is 11.6 Å². The first-order valence-corrected chi connectivity index (χ1v) is 8.51. The van der Waals surface area contributed by atoms with Crippen molar-refractivity contribution in [2.24, 2.45) is 0 Å². The number of hydrogen-bond acceptors (Lipinski definition) is 4. The van der Waals surface area contributed by atoms with Gasteiger partial charge in [-0.15, -0.1) is 10.2 Å². The highest BCUT2D eigenvalue weighted by molar-refractivity contribution is 5.98. The zero-order valence-corrected chi connectivity index (χ0v) is 14.9. The number of fused-ring (bicyclic) bond motifs is 2. The van der Waals surface area contributed by atoms with Crippen LogP contribution in [0.25, 0.3) is 16.6 Å². The molecule has 6 nitrogen and oxygen atoms in total. The summed E-state index contributed by atoms with van der Waals surface area (Å²) in [6.45, 7) is 5.78. The Hall–Kier alpha value is -3.28. The molecular formula is C20H19N5O. The first kappa shape index (κ1) is 16.2. The van der Waals surface area contributed by atoms with Crippen molar-refractivity contribution in [2.75, 3.05) is 0 Å². The summed E-state index contributed by atoms with van der Waals surface area (Å²) in [5.41, 5.74) is 4.06. The SMILES string of the molecule is Cc1ccc2nc(C)c(C(=O)N[C@H](C)c3nnc4ccccn34)cc2c1. The lowest BCUT2D eigenvalue weighted by Gasteiger charge is -2.14. The number of carbonyl (C=O) groups is 1. The van der Waals surface area contributed by atoms with Gasteiger partial charge in [0.2, 0.25) is 0 Å². The number of benzene rings is 1. The van der Waals surface area contributed by atoms with Gasteiger partial charge in [0.1, 0.15) is 0 Å². The van der Waals surface area contributed by atoms with Crippen LogP contribution < -0.4 is 5.32 Å². The summed E-state index contributed by atoms with van der Waals surface area (Å²) >= 11 is 0. The Morgan fingerprint density at radius 2 is 1.96 bits per heavy atom. The van der Waals surface area contributed by atoms with Crippen molar-refractivity contribution in [3.05, 3.63) is 71.3 Å². The number of rotatable bonds is 3. The first-order chi connectivity index (χ1) is 12.5. The third-order valence-corrected chi connectivity index (χ3v) is 4.48. The maximum absolute atomic E-state index is 12.8. The number of aryl methyl sites for hydroxylation is 2. The lowest BCUT2D eigenvalue weighted by molar-refractivity contribution is 0.0937. The van der Waals surface area contributed by atoms with Gasteiger partial charge in [0.15, 0.2) is 11.5 Å². The Balaban J connectivity index is 1.65. The highest BCUT2D eigenvalue weighted by Gasteiger charge is 2.18. The van der Waals surface area contributed by atoms with Crippen molar-refractivity contribution < 1.29 is 4.79 Å². The molecule has 0 aliphatic carbocycles. The normalized spacial score (nSPS) is 12.4. The Morgan fingerprint density at radius 3 is 2.81 bits per heavy atom. The molecular weight excluding hydrogens is 326 g/mol. The van der Waals surface area contributed by atoms with Gasteiger partial charge >= 0.3 is 0 Å². The van der Waals surface area contributed by atoms with Gasteiger partial charge in [0.25, 0.3) is 5.91 Å². The van der Waals surface area contributed by atoms with Gasteiger partial charge in [-0.1, -0.05) is 17.7 Å². The predicted molar refractivity (Wildman–Crippen MR) is 100 cm³/mol. The molecule has 0 bridgehead atoms. The van der Waals surface area contributed by atoms with E-state index in [-0.39, 0.29) is 11.9 Å². The largest absolute Gasteiger partial charge is 0.342 e. The smallest absolute Gasteiger partial charge is 0.253 e. The Morgan fingerprint density at radius 1 is 1.12 bits per heavy atom. The molecule has 6 heteroatoms. The first-order valence-electron chi connectivity index (χ1n) is 8.51. The van der Waals surface area contributed by atoms with Gasteiger partial charge in [-0.05, 0) is 51.1 Å². The van der Waals surface area contributed by atoms with Crippen LogP contribution in [-0.2, 0) is 0 Å². The fraction of sp³-hybridized carbons (Fsp3) is 0.200. The summed E-state index contributed by atoms with van der Waals surface area (Å²) in [6.07, 6.45) is 1.89. The molecule has 0 radical (unpaired) electrons. The van der Waals surface area contributed by atoms with Crippen molar-refractivity contribution >= 4 is 22.5 Å². The molecule has 1 atom stereocenters. The summed E-state index contributed by atoms with van der Waals surface area (Å²) in [5, 5.41) is 12.3. The zero-order valence-electron chi connectivity index (χ0n) is 14.9. The molecule has 3 heterocycles. The molecule has 0 saturated heterocycles. The van der Waals surface area contributed by atoms with Crippen molar-refractivity contribution in [2.45, 2.75) is 26.8 Å². The molecule has 0 aliphatic rings. The zero-order chi connectivity index (χ0) is 18.3. The van der Waals surface area contributed by atoms with Gasteiger partial charge in [-0.2, -0.15) is 0 Å². The van der Waals surface area contributed by atoms with Gasteiger partial charge < -0.3 is 5.32 Å². The Kier molecular flexibility index (Phi) is 3.88. The maximum Gasteiger partial charge on any atom is 0.253 e. The summed E-state index contributed by atoms with van der Waals surface area (Å²) in [7, 11) is 0. The second kappa shape index (κ2) is 6.22. The van der Waals surface area contributed by atoms with E-state index in [1.165, 1.54) is 0 Å². The monoisotopic (exact) mass is 345 g/mol. The molecule has 4 aromatic rings. The summed E-state index contributed by atoms with van der Waals surface area (Å²) in [6, 6.07) is 13.3. The molecule has 1 N–H and O–H groups in total. The molecule has 0 saturated carbocycles. The van der Waals surface area contributed by atoms with E-state index in [0.29, 0.717) is 17.1 Å². The van der Waals surface area contributed by atoms with Crippen LogP contribution in [0.3, 0.4) is 0 Å². The summed E-state index contributed by atoms with van der Waals surface area (Å²) in [4.78, 5) is 17.4. The quantitative estimate of drug-likeness (QED) is 0.618. The van der Waals surface area contributed by atoms with Gasteiger partial charge in [-0.3, -0.25) is 14.2 Å². The minimum absolute atomic E-state index is 0.168. The van der Waals surface area contributed by atoms with E-state index in [4.69, 9.17) is 0 Å². The predicted octanol–water partition coefficient (Wildman–Crippen LogP) is 3.39. The fourth-order valence-corrected chi connectivity index (χ4v) is 3.12. The van der Waals surface area contributed by atoms with Crippen LogP contribution in [0.1, 0.15) is 40.4 Å². The van der Waals surface area contributed by atoms with Gasteiger partial charge in [-0.25, -0.2) is 0 Å². The van der Waals surface area contributed by atoms with Crippen LogP contribution in [0, 0.1) is 13.8 Å². The van der Waals surface area contributed by atoms with Crippen LogP contribution in [0.15, 0.2) is 48.7 Å². The van der Waals surface area contributed by atoms with E-state index in [1.54, 1.807) is 0 Å². The maximum atomic E-state index is 12.8. The molecule has 3 aromatic heterocycles. The van der Waals surface area contributed by atoms with Crippen LogP contribution >= 0.6 is 0 Å². The van der Waals surface area contributed by atoms with E-state index in [0.717, 1.165) is 22.1 Å². The van der Waals surface area contributed by atoms with Crippen LogP contribution in [0.4, 0.5) is 0 Å². The molecule has 0 aliphatic heterocycles. The van der Waals surface area contributed by atoms with E-state index >= 15 is 0 Å². The number of nitrogens with one attached hydrogen (secondary N) is 1. The van der Waals surface area contributed by atoms with Crippen LogP contribution in [-0.4, -0.2) is 25.5 Å². The third-order valence-electron chi connectivity index (χ3n) is 4.48. The molecule has 26 heavy (non-hydrogen) atoms.